The van der Waals surface area contributed by atoms with Crippen LogP contribution >= 0.6 is 11.6 Å². The van der Waals surface area contributed by atoms with Crippen LogP contribution in [0.3, 0.4) is 0 Å². The Balaban J connectivity index is 1.67. The standard InChI is InChI=1S/C22H19ClF4O3/c1-21(2)16(12-17(23)22(25,26)27)18(21)20(28)30-19(24)13-7-6-10-15(11-13)29-14-8-4-3-5-9-14/h3-12,16,18-19H,1-2H3. The second-order valence-electron chi connectivity index (χ2n) is 7.58. The molecule has 3 nitrogen and oxygen atoms in total. The Morgan fingerprint density at radius 3 is 2.37 bits per heavy atom. The summed E-state index contributed by atoms with van der Waals surface area (Å²) in [4.78, 5) is 12.4. The lowest BCUT2D eigenvalue weighted by atomic mass is 10.1. The van der Waals surface area contributed by atoms with Crippen molar-refractivity contribution in [3.8, 4) is 11.5 Å². The fraction of sp³-hybridized carbons (Fsp3) is 0.318. The van der Waals surface area contributed by atoms with Gasteiger partial charge in [0.1, 0.15) is 16.5 Å². The molecular weight excluding hydrogens is 424 g/mol. The molecule has 0 aromatic heterocycles. The van der Waals surface area contributed by atoms with Gasteiger partial charge in [-0.25, -0.2) is 0 Å². The maximum absolute atomic E-state index is 14.6. The molecule has 0 saturated heterocycles. The molecule has 0 radical (unpaired) electrons. The van der Waals surface area contributed by atoms with Crippen LogP contribution in [0, 0.1) is 17.3 Å². The fourth-order valence-electron chi connectivity index (χ4n) is 3.28. The topological polar surface area (TPSA) is 35.5 Å². The summed E-state index contributed by atoms with van der Waals surface area (Å²) in [6.07, 6.45) is -6.00. The summed E-state index contributed by atoms with van der Waals surface area (Å²) in [7, 11) is 0. The van der Waals surface area contributed by atoms with Crippen molar-refractivity contribution in [3.63, 3.8) is 0 Å². The minimum absolute atomic E-state index is 0.0515. The molecule has 0 amide bonds. The van der Waals surface area contributed by atoms with E-state index in [4.69, 9.17) is 21.1 Å². The molecule has 8 heteroatoms. The Morgan fingerprint density at radius 1 is 1.10 bits per heavy atom. The molecule has 1 aliphatic rings. The van der Waals surface area contributed by atoms with Crippen molar-refractivity contribution in [1.29, 1.82) is 0 Å². The average Bonchev–Trinajstić information content (AvgIpc) is 3.22. The minimum atomic E-state index is -4.70. The van der Waals surface area contributed by atoms with E-state index in [1.54, 1.807) is 50.2 Å². The fourth-order valence-corrected chi connectivity index (χ4v) is 3.41. The molecule has 0 N–H and O–H groups in total. The van der Waals surface area contributed by atoms with E-state index in [1.807, 2.05) is 6.07 Å². The molecule has 0 bridgehead atoms. The van der Waals surface area contributed by atoms with Crippen LogP contribution in [-0.4, -0.2) is 12.1 Å². The van der Waals surface area contributed by atoms with E-state index in [1.165, 1.54) is 12.1 Å². The van der Waals surface area contributed by atoms with Gasteiger partial charge in [-0.1, -0.05) is 61.9 Å². The Kier molecular flexibility index (Phi) is 6.13. The van der Waals surface area contributed by atoms with Gasteiger partial charge in [0.05, 0.1) is 5.92 Å². The zero-order valence-corrected chi connectivity index (χ0v) is 16.9. The Labute approximate surface area is 176 Å². The van der Waals surface area contributed by atoms with Crippen LogP contribution in [0.25, 0.3) is 0 Å². The predicted molar refractivity (Wildman–Crippen MR) is 104 cm³/mol. The Bertz CT molecular complexity index is 941. The number of benzene rings is 2. The van der Waals surface area contributed by atoms with Crippen LogP contribution in [0.1, 0.15) is 25.8 Å². The number of hydrogen-bond acceptors (Lipinski definition) is 3. The van der Waals surface area contributed by atoms with Crippen molar-refractivity contribution in [2.24, 2.45) is 17.3 Å². The third kappa shape index (κ3) is 4.95. The quantitative estimate of drug-likeness (QED) is 0.359. The van der Waals surface area contributed by atoms with Crippen LogP contribution in [0.2, 0.25) is 0 Å². The second kappa shape index (κ2) is 8.30. The maximum atomic E-state index is 14.6. The van der Waals surface area contributed by atoms with Gasteiger partial charge in [0.15, 0.2) is 0 Å². The number of carbonyl (C=O) groups excluding carboxylic acids is 1. The summed E-state index contributed by atoms with van der Waals surface area (Å²) in [5, 5.41) is -1.31. The summed E-state index contributed by atoms with van der Waals surface area (Å²) in [6, 6.07) is 14.8. The van der Waals surface area contributed by atoms with Crippen LogP contribution in [0.4, 0.5) is 17.6 Å². The zero-order chi connectivity index (χ0) is 22.1. The number of ether oxygens (including phenoxy) is 2. The summed E-state index contributed by atoms with van der Waals surface area (Å²) in [6.45, 7) is 3.20. The highest BCUT2D eigenvalue weighted by Gasteiger charge is 2.62. The number of para-hydroxylation sites is 1. The first kappa shape index (κ1) is 22.2. The molecule has 3 unspecified atom stereocenters. The molecule has 30 heavy (non-hydrogen) atoms. The van der Waals surface area contributed by atoms with E-state index in [0.29, 0.717) is 11.5 Å². The van der Waals surface area contributed by atoms with Gasteiger partial charge in [-0.2, -0.15) is 17.6 Å². The monoisotopic (exact) mass is 442 g/mol. The summed E-state index contributed by atoms with van der Waals surface area (Å²) in [5.74, 6) is -1.73. The summed E-state index contributed by atoms with van der Waals surface area (Å²) >= 11 is 5.27. The number of halogens is 5. The first-order valence-corrected chi connectivity index (χ1v) is 9.50. The lowest BCUT2D eigenvalue weighted by Crippen LogP contribution is -2.13. The van der Waals surface area contributed by atoms with Crippen molar-refractivity contribution in [2.75, 3.05) is 0 Å². The lowest BCUT2D eigenvalue weighted by molar-refractivity contribution is -0.161. The van der Waals surface area contributed by atoms with E-state index < -0.39 is 40.8 Å². The van der Waals surface area contributed by atoms with Gasteiger partial charge >= 0.3 is 12.1 Å². The van der Waals surface area contributed by atoms with E-state index in [-0.39, 0.29) is 5.56 Å². The summed E-state index contributed by atoms with van der Waals surface area (Å²) in [5.41, 5.74) is -0.767. The van der Waals surface area contributed by atoms with Crippen molar-refractivity contribution in [1.82, 2.24) is 0 Å². The third-order valence-corrected chi connectivity index (χ3v) is 5.42. The van der Waals surface area contributed by atoms with Crippen molar-refractivity contribution in [3.05, 3.63) is 71.3 Å². The molecule has 1 fully saturated rings. The minimum Gasteiger partial charge on any atom is -0.457 e. The highest BCUT2D eigenvalue weighted by molar-refractivity contribution is 6.30. The average molecular weight is 443 g/mol. The van der Waals surface area contributed by atoms with Crippen LogP contribution < -0.4 is 4.74 Å². The molecule has 3 rings (SSSR count). The first-order valence-electron chi connectivity index (χ1n) is 9.12. The van der Waals surface area contributed by atoms with E-state index in [9.17, 15) is 22.4 Å². The van der Waals surface area contributed by atoms with Gasteiger partial charge in [-0.3, -0.25) is 4.79 Å². The summed E-state index contributed by atoms with van der Waals surface area (Å²) < 4.78 is 63.1. The lowest BCUT2D eigenvalue weighted by Gasteiger charge is -2.13. The zero-order valence-electron chi connectivity index (χ0n) is 16.1. The van der Waals surface area contributed by atoms with Gasteiger partial charge in [0.2, 0.25) is 0 Å². The number of alkyl halides is 4. The van der Waals surface area contributed by atoms with Crippen molar-refractivity contribution < 1.29 is 31.8 Å². The molecule has 3 atom stereocenters. The van der Waals surface area contributed by atoms with Gasteiger partial charge in [-0.05, 0) is 35.6 Å². The molecule has 2 aromatic rings. The molecular formula is C22H19ClF4O3. The predicted octanol–water partition coefficient (Wildman–Crippen LogP) is 6.95. The SMILES string of the molecule is CC1(C)C(C=C(Cl)C(F)(F)F)C1C(=O)OC(F)c1cccc(Oc2ccccc2)c1. The normalized spacial score (nSPS) is 21.6. The van der Waals surface area contributed by atoms with Gasteiger partial charge < -0.3 is 9.47 Å². The molecule has 0 aliphatic heterocycles. The molecule has 1 saturated carbocycles. The smallest absolute Gasteiger partial charge is 0.426 e. The molecule has 2 aromatic carbocycles. The number of hydrogen-bond donors (Lipinski definition) is 0. The third-order valence-electron chi connectivity index (χ3n) is 5.08. The number of rotatable bonds is 6. The Morgan fingerprint density at radius 2 is 1.73 bits per heavy atom. The van der Waals surface area contributed by atoms with E-state index in [0.717, 1.165) is 6.08 Å². The molecule has 0 spiro atoms. The van der Waals surface area contributed by atoms with Crippen molar-refractivity contribution >= 4 is 17.6 Å². The second-order valence-corrected chi connectivity index (χ2v) is 7.98. The maximum Gasteiger partial charge on any atom is 0.426 e. The van der Waals surface area contributed by atoms with E-state index >= 15 is 0 Å². The van der Waals surface area contributed by atoms with Crippen LogP contribution in [0.15, 0.2) is 65.7 Å². The molecule has 160 valence electrons. The highest BCUT2D eigenvalue weighted by atomic mass is 35.5. The number of allylic oxidation sites excluding steroid dienone is 2. The van der Waals surface area contributed by atoms with Gasteiger partial charge in [0.25, 0.3) is 6.36 Å². The molecule has 0 heterocycles. The highest BCUT2D eigenvalue weighted by Crippen LogP contribution is 2.60. The van der Waals surface area contributed by atoms with Gasteiger partial charge in [-0.15, -0.1) is 0 Å². The van der Waals surface area contributed by atoms with Crippen molar-refractivity contribution in [2.45, 2.75) is 26.4 Å². The number of esters is 1. The Hall–Kier alpha value is -2.54. The van der Waals surface area contributed by atoms with Crippen LogP contribution in [-0.2, 0) is 9.53 Å². The first-order chi connectivity index (χ1) is 14.0. The van der Waals surface area contributed by atoms with Gasteiger partial charge in [0, 0.05) is 5.56 Å². The van der Waals surface area contributed by atoms with Crippen LogP contribution in [0.5, 0.6) is 11.5 Å². The largest absolute Gasteiger partial charge is 0.457 e. The number of carbonyl (C=O) groups is 1. The molecule has 1 aliphatic carbocycles. The van der Waals surface area contributed by atoms with E-state index in [2.05, 4.69) is 0 Å².